The molecule has 0 bridgehead atoms. The lowest BCUT2D eigenvalue weighted by atomic mass is 10.1. The third-order valence-electron chi connectivity index (χ3n) is 4.83. The van der Waals surface area contributed by atoms with Gasteiger partial charge < -0.3 is 9.64 Å². The van der Waals surface area contributed by atoms with Crippen molar-refractivity contribution in [2.24, 2.45) is 0 Å². The number of amides is 4. The number of anilines is 2. The molecule has 0 spiro atoms. The number of imide groups is 2. The molecule has 4 amide bonds. The van der Waals surface area contributed by atoms with E-state index in [1.807, 2.05) is 26.0 Å². The topological polar surface area (TPSA) is 79.0 Å². The first kappa shape index (κ1) is 21.0. The zero-order valence-electron chi connectivity index (χ0n) is 16.9. The molecule has 1 N–H and O–H groups in total. The molecule has 2 aromatic rings. The van der Waals surface area contributed by atoms with Crippen LogP contribution in [0.1, 0.15) is 19.4 Å². The fraction of sp³-hybridized carbons (Fsp3) is 0.227. The summed E-state index contributed by atoms with van der Waals surface area (Å²) in [4.78, 5) is 40.5. The molecule has 0 atom stereocenters. The van der Waals surface area contributed by atoms with E-state index in [1.165, 1.54) is 25.3 Å². The van der Waals surface area contributed by atoms with Gasteiger partial charge in [0.1, 0.15) is 17.1 Å². The molecule has 0 radical (unpaired) electrons. The van der Waals surface area contributed by atoms with Gasteiger partial charge in [0.25, 0.3) is 11.8 Å². The van der Waals surface area contributed by atoms with E-state index in [0.717, 1.165) is 35.8 Å². The number of ether oxygens (including phenoxy) is 1. The average molecular weight is 411 g/mol. The summed E-state index contributed by atoms with van der Waals surface area (Å²) in [5, 5.41) is 2.14. The lowest BCUT2D eigenvalue weighted by Gasteiger charge is -2.26. The van der Waals surface area contributed by atoms with Crippen LogP contribution in [0.25, 0.3) is 6.08 Å². The quantitative estimate of drug-likeness (QED) is 0.583. The van der Waals surface area contributed by atoms with Crippen LogP contribution in [0.15, 0.2) is 48.0 Å². The van der Waals surface area contributed by atoms with Crippen LogP contribution >= 0.6 is 0 Å². The van der Waals surface area contributed by atoms with E-state index in [2.05, 4.69) is 10.2 Å². The van der Waals surface area contributed by atoms with Gasteiger partial charge in [-0.2, -0.15) is 0 Å². The molecule has 7 nitrogen and oxygen atoms in total. The molecule has 1 aliphatic heterocycles. The molecular formula is C22H22FN3O4. The van der Waals surface area contributed by atoms with Crippen molar-refractivity contribution in [2.45, 2.75) is 13.8 Å². The third-order valence-corrected chi connectivity index (χ3v) is 4.83. The second-order valence-corrected chi connectivity index (χ2v) is 6.53. The van der Waals surface area contributed by atoms with Crippen LogP contribution in [0.4, 0.5) is 20.6 Å². The number of barbiturate groups is 1. The molecule has 30 heavy (non-hydrogen) atoms. The smallest absolute Gasteiger partial charge is 0.335 e. The second-order valence-electron chi connectivity index (χ2n) is 6.53. The zero-order valence-corrected chi connectivity index (χ0v) is 16.9. The predicted octanol–water partition coefficient (Wildman–Crippen LogP) is 3.35. The summed E-state index contributed by atoms with van der Waals surface area (Å²) in [6.07, 6.45) is 1.38. The van der Waals surface area contributed by atoms with Crippen molar-refractivity contribution in [3.05, 3.63) is 59.4 Å². The Morgan fingerprint density at radius 1 is 1.07 bits per heavy atom. The van der Waals surface area contributed by atoms with E-state index in [9.17, 15) is 18.8 Å². The third kappa shape index (κ3) is 4.03. The van der Waals surface area contributed by atoms with Gasteiger partial charge in [-0.25, -0.2) is 14.1 Å². The van der Waals surface area contributed by atoms with Crippen LogP contribution < -0.4 is 19.9 Å². The van der Waals surface area contributed by atoms with Crippen LogP contribution in [-0.2, 0) is 9.59 Å². The van der Waals surface area contributed by atoms with Crippen molar-refractivity contribution in [1.82, 2.24) is 5.32 Å². The number of urea groups is 1. The maximum absolute atomic E-state index is 13.2. The minimum absolute atomic E-state index is 0.154. The number of carbonyl (C=O) groups excluding carboxylic acids is 3. The lowest BCUT2D eigenvalue weighted by Crippen LogP contribution is -2.54. The summed E-state index contributed by atoms with van der Waals surface area (Å²) in [7, 11) is 1.50. The zero-order chi connectivity index (χ0) is 21.8. The molecule has 1 aliphatic rings. The molecule has 1 fully saturated rings. The highest BCUT2D eigenvalue weighted by Crippen LogP contribution is 2.29. The number of benzene rings is 2. The van der Waals surface area contributed by atoms with E-state index in [4.69, 9.17) is 4.74 Å². The van der Waals surface area contributed by atoms with E-state index >= 15 is 0 Å². The highest BCUT2D eigenvalue weighted by atomic mass is 19.1. The first-order chi connectivity index (χ1) is 14.4. The molecular weight excluding hydrogens is 389 g/mol. The van der Waals surface area contributed by atoms with Crippen molar-refractivity contribution in [3.63, 3.8) is 0 Å². The van der Waals surface area contributed by atoms with E-state index in [1.54, 1.807) is 6.07 Å². The predicted molar refractivity (Wildman–Crippen MR) is 112 cm³/mol. The minimum atomic E-state index is -0.891. The molecule has 8 heteroatoms. The Balaban J connectivity index is 2.01. The Hall–Kier alpha value is -3.68. The molecule has 1 heterocycles. The van der Waals surface area contributed by atoms with Crippen molar-refractivity contribution in [2.75, 3.05) is 30.0 Å². The van der Waals surface area contributed by atoms with Crippen molar-refractivity contribution >= 4 is 35.3 Å². The number of methoxy groups -OCH3 is 1. The summed E-state index contributed by atoms with van der Waals surface area (Å²) < 4.78 is 18.7. The Kier molecular flexibility index (Phi) is 6.15. The first-order valence-electron chi connectivity index (χ1n) is 9.49. The minimum Gasteiger partial charge on any atom is -0.496 e. The van der Waals surface area contributed by atoms with Crippen molar-refractivity contribution in [1.29, 1.82) is 0 Å². The van der Waals surface area contributed by atoms with Gasteiger partial charge >= 0.3 is 6.03 Å². The van der Waals surface area contributed by atoms with Gasteiger partial charge in [0, 0.05) is 30.4 Å². The number of hydrogen-bond acceptors (Lipinski definition) is 5. The molecule has 156 valence electrons. The SMILES string of the molecule is CCN(CC)c1ccc(/C=C2\C(=O)NC(=O)N(c3ccc(F)cc3)C2=O)c(OC)c1. The Labute approximate surface area is 173 Å². The number of halogens is 1. The molecule has 2 aromatic carbocycles. The van der Waals surface area contributed by atoms with E-state index in [-0.39, 0.29) is 11.3 Å². The number of hydrogen-bond donors (Lipinski definition) is 1. The highest BCUT2D eigenvalue weighted by Gasteiger charge is 2.37. The van der Waals surface area contributed by atoms with Crippen LogP contribution in [0.2, 0.25) is 0 Å². The van der Waals surface area contributed by atoms with Gasteiger partial charge in [-0.15, -0.1) is 0 Å². The van der Waals surface area contributed by atoms with Crippen LogP contribution in [0.3, 0.4) is 0 Å². The fourth-order valence-corrected chi connectivity index (χ4v) is 3.24. The van der Waals surface area contributed by atoms with Gasteiger partial charge in [0.05, 0.1) is 12.8 Å². The Morgan fingerprint density at radius 3 is 2.33 bits per heavy atom. The lowest BCUT2D eigenvalue weighted by molar-refractivity contribution is -0.122. The van der Waals surface area contributed by atoms with Gasteiger partial charge in [0.15, 0.2) is 0 Å². The number of nitrogens with one attached hydrogen (secondary N) is 1. The molecule has 0 unspecified atom stereocenters. The van der Waals surface area contributed by atoms with Crippen molar-refractivity contribution < 1.29 is 23.5 Å². The summed E-state index contributed by atoms with van der Waals surface area (Å²) in [5.41, 5.74) is 1.39. The summed E-state index contributed by atoms with van der Waals surface area (Å²) in [6.45, 7) is 5.71. The Morgan fingerprint density at radius 2 is 1.73 bits per heavy atom. The monoisotopic (exact) mass is 411 g/mol. The molecule has 0 saturated carbocycles. The van der Waals surface area contributed by atoms with E-state index < -0.39 is 23.7 Å². The van der Waals surface area contributed by atoms with Gasteiger partial charge in [-0.1, -0.05) is 0 Å². The summed E-state index contributed by atoms with van der Waals surface area (Å²) >= 11 is 0. The second kappa shape index (κ2) is 8.77. The summed E-state index contributed by atoms with van der Waals surface area (Å²) in [6, 6.07) is 9.40. The maximum atomic E-state index is 13.2. The molecule has 1 saturated heterocycles. The standard InChI is InChI=1S/C22H22FN3O4/c1-4-25(5-2)17-9-6-14(19(13-17)30-3)12-18-20(27)24-22(29)26(21(18)28)16-10-7-15(23)8-11-16/h6-13H,4-5H2,1-3H3,(H,24,27,29)/b18-12+. The normalized spacial score (nSPS) is 15.4. The van der Waals surface area contributed by atoms with Gasteiger partial charge in [0.2, 0.25) is 0 Å². The average Bonchev–Trinajstić information content (AvgIpc) is 2.73. The number of carbonyl (C=O) groups is 3. The fourth-order valence-electron chi connectivity index (χ4n) is 3.24. The maximum Gasteiger partial charge on any atom is 0.335 e. The molecule has 3 rings (SSSR count). The van der Waals surface area contributed by atoms with Crippen LogP contribution in [-0.4, -0.2) is 38.0 Å². The van der Waals surface area contributed by atoms with Gasteiger partial charge in [-0.3, -0.25) is 14.9 Å². The Bertz CT molecular complexity index is 1010. The first-order valence-corrected chi connectivity index (χ1v) is 9.49. The summed E-state index contributed by atoms with van der Waals surface area (Å²) in [5.74, 6) is -1.63. The largest absolute Gasteiger partial charge is 0.496 e. The van der Waals surface area contributed by atoms with Gasteiger partial charge in [-0.05, 0) is 56.3 Å². The van der Waals surface area contributed by atoms with E-state index in [0.29, 0.717) is 11.3 Å². The number of rotatable bonds is 6. The molecule has 0 aromatic heterocycles. The van der Waals surface area contributed by atoms with Crippen LogP contribution in [0, 0.1) is 5.82 Å². The molecule has 0 aliphatic carbocycles. The number of nitrogens with zero attached hydrogens (tertiary/aromatic N) is 2. The highest BCUT2D eigenvalue weighted by molar-refractivity contribution is 6.39. The van der Waals surface area contributed by atoms with Crippen LogP contribution in [0.5, 0.6) is 5.75 Å². The van der Waals surface area contributed by atoms with Crippen molar-refractivity contribution in [3.8, 4) is 5.75 Å².